The number of benzene rings is 2. The predicted molar refractivity (Wildman–Crippen MR) is 109 cm³/mol. The molecular formula is C23H17NO6. The molecule has 1 amide bonds. The molecule has 5 rings (SSSR count). The highest BCUT2D eigenvalue weighted by atomic mass is 16.5. The van der Waals surface area contributed by atoms with Crippen molar-refractivity contribution in [1.29, 1.82) is 0 Å². The van der Waals surface area contributed by atoms with Crippen molar-refractivity contribution < 1.29 is 23.1 Å². The zero-order valence-electron chi connectivity index (χ0n) is 16.0. The van der Waals surface area contributed by atoms with Crippen molar-refractivity contribution in [2.75, 3.05) is 12.4 Å². The Morgan fingerprint density at radius 2 is 1.83 bits per heavy atom. The molecule has 4 aromatic rings. The van der Waals surface area contributed by atoms with Gasteiger partial charge in [-0.3, -0.25) is 4.79 Å². The minimum atomic E-state index is -0.998. The molecule has 3 heterocycles. The normalized spacial score (nSPS) is 17.4. The van der Waals surface area contributed by atoms with Crippen molar-refractivity contribution in [3.8, 4) is 11.5 Å². The van der Waals surface area contributed by atoms with Crippen LogP contribution < -0.4 is 20.4 Å². The van der Waals surface area contributed by atoms with Crippen LogP contribution in [0, 0.1) is 0 Å². The fraction of sp³-hybridized carbons (Fsp3) is 0.130. The third kappa shape index (κ3) is 2.91. The topological polar surface area (TPSA) is 90.9 Å². The van der Waals surface area contributed by atoms with Gasteiger partial charge in [-0.05, 0) is 48.5 Å². The summed E-state index contributed by atoms with van der Waals surface area (Å²) in [6, 6.07) is 17.4. The van der Waals surface area contributed by atoms with Crippen molar-refractivity contribution in [2.24, 2.45) is 0 Å². The van der Waals surface area contributed by atoms with Crippen LogP contribution in [0.25, 0.3) is 11.0 Å². The summed E-state index contributed by atoms with van der Waals surface area (Å²) in [4.78, 5) is 25.9. The van der Waals surface area contributed by atoms with E-state index >= 15 is 0 Å². The summed E-state index contributed by atoms with van der Waals surface area (Å²) in [5.41, 5.74) is 0.703. The molecule has 0 bridgehead atoms. The van der Waals surface area contributed by atoms with E-state index in [-0.39, 0.29) is 5.56 Å². The van der Waals surface area contributed by atoms with Gasteiger partial charge in [-0.1, -0.05) is 12.1 Å². The number of amides is 1. The summed E-state index contributed by atoms with van der Waals surface area (Å²) in [6.07, 6.45) is 0.496. The van der Waals surface area contributed by atoms with Gasteiger partial charge in [0.15, 0.2) is 6.10 Å². The van der Waals surface area contributed by atoms with E-state index in [1.807, 2.05) is 6.07 Å². The lowest BCUT2D eigenvalue weighted by molar-refractivity contribution is -0.122. The molecule has 0 aliphatic carbocycles. The van der Waals surface area contributed by atoms with Gasteiger partial charge in [-0.15, -0.1) is 0 Å². The number of methoxy groups -OCH3 is 1. The standard InChI is InChI=1S/C23H17NO6/c1-27-14-10-8-13(9-11-14)24-22(25)21-18(17-7-4-12-28-17)19-20(30-21)15-5-2-3-6-16(15)29-23(19)26/h2-12,18,21H,1H3,(H,24,25)/t18-,21+/m0/s1. The molecule has 150 valence electrons. The summed E-state index contributed by atoms with van der Waals surface area (Å²) in [5.74, 6) is 0.342. The van der Waals surface area contributed by atoms with Crippen molar-refractivity contribution in [3.63, 3.8) is 0 Å². The Morgan fingerprint density at radius 1 is 1.03 bits per heavy atom. The van der Waals surface area contributed by atoms with Crippen LogP contribution in [0.2, 0.25) is 0 Å². The third-order valence-corrected chi connectivity index (χ3v) is 5.12. The largest absolute Gasteiger partial charge is 0.497 e. The van der Waals surface area contributed by atoms with Gasteiger partial charge >= 0.3 is 5.63 Å². The van der Waals surface area contributed by atoms with Gasteiger partial charge in [0.05, 0.1) is 30.2 Å². The predicted octanol–water partition coefficient (Wildman–Crippen LogP) is 3.93. The Morgan fingerprint density at radius 3 is 2.57 bits per heavy atom. The summed E-state index contributed by atoms with van der Waals surface area (Å²) < 4.78 is 22.2. The van der Waals surface area contributed by atoms with E-state index in [0.29, 0.717) is 33.9 Å². The first kappa shape index (κ1) is 18.1. The first-order valence-electron chi connectivity index (χ1n) is 9.36. The van der Waals surface area contributed by atoms with Crippen LogP contribution in [-0.4, -0.2) is 19.1 Å². The van der Waals surface area contributed by atoms with Crippen LogP contribution in [0.4, 0.5) is 5.69 Å². The molecule has 0 spiro atoms. The molecule has 1 aliphatic heterocycles. The van der Waals surface area contributed by atoms with Crippen molar-refractivity contribution in [3.05, 3.63) is 88.7 Å². The summed E-state index contributed by atoms with van der Waals surface area (Å²) in [6.45, 7) is 0. The van der Waals surface area contributed by atoms with E-state index in [1.165, 1.54) is 6.26 Å². The molecule has 0 saturated carbocycles. The number of carbonyl (C=O) groups is 1. The Hall–Kier alpha value is -4.00. The minimum absolute atomic E-state index is 0.276. The van der Waals surface area contributed by atoms with Gasteiger partial charge in [0.25, 0.3) is 5.91 Å². The number of carbonyl (C=O) groups excluding carboxylic acids is 1. The summed E-state index contributed by atoms with van der Waals surface area (Å²) in [7, 11) is 1.57. The molecule has 1 aliphatic rings. The second-order valence-corrected chi connectivity index (χ2v) is 6.88. The molecule has 0 saturated heterocycles. The summed E-state index contributed by atoms with van der Waals surface area (Å²) in [5, 5.41) is 3.46. The first-order valence-corrected chi connectivity index (χ1v) is 9.36. The molecule has 1 N–H and O–H groups in total. The van der Waals surface area contributed by atoms with Gasteiger partial charge in [-0.2, -0.15) is 0 Å². The Balaban J connectivity index is 1.57. The number of hydrogen-bond donors (Lipinski definition) is 1. The highest BCUT2D eigenvalue weighted by Crippen LogP contribution is 2.44. The van der Waals surface area contributed by atoms with Crippen LogP contribution in [0.15, 0.2) is 80.6 Å². The number of fused-ring (bicyclic) bond motifs is 3. The van der Waals surface area contributed by atoms with Crippen LogP contribution in [-0.2, 0) is 4.79 Å². The van der Waals surface area contributed by atoms with Crippen LogP contribution in [0.5, 0.6) is 11.5 Å². The van der Waals surface area contributed by atoms with E-state index in [2.05, 4.69) is 5.32 Å². The maximum absolute atomic E-state index is 13.1. The smallest absolute Gasteiger partial charge is 0.344 e. The van der Waals surface area contributed by atoms with E-state index < -0.39 is 23.6 Å². The zero-order chi connectivity index (χ0) is 20.7. The minimum Gasteiger partial charge on any atom is -0.497 e. The van der Waals surface area contributed by atoms with Gasteiger partial charge in [0.2, 0.25) is 0 Å². The average Bonchev–Trinajstić information content (AvgIpc) is 3.42. The second kappa shape index (κ2) is 7.11. The van der Waals surface area contributed by atoms with E-state index in [9.17, 15) is 9.59 Å². The lowest BCUT2D eigenvalue weighted by atomic mass is 9.93. The van der Waals surface area contributed by atoms with Crippen LogP contribution >= 0.6 is 0 Å². The van der Waals surface area contributed by atoms with Crippen molar-refractivity contribution >= 4 is 22.6 Å². The van der Waals surface area contributed by atoms with Gasteiger partial charge in [0, 0.05) is 5.69 Å². The molecule has 0 radical (unpaired) electrons. The highest BCUT2D eigenvalue weighted by Gasteiger charge is 2.45. The maximum Gasteiger partial charge on any atom is 0.344 e. The molecule has 30 heavy (non-hydrogen) atoms. The fourth-order valence-electron chi connectivity index (χ4n) is 3.73. The number of para-hydroxylation sites is 1. The first-order chi connectivity index (χ1) is 14.7. The Labute approximate surface area is 170 Å². The number of hydrogen-bond acceptors (Lipinski definition) is 6. The molecule has 0 fully saturated rings. The van der Waals surface area contributed by atoms with E-state index in [1.54, 1.807) is 61.7 Å². The molecule has 7 nitrogen and oxygen atoms in total. The Kier molecular flexibility index (Phi) is 4.28. The fourth-order valence-corrected chi connectivity index (χ4v) is 3.73. The molecule has 0 unspecified atom stereocenters. The average molecular weight is 403 g/mol. The lowest BCUT2D eigenvalue weighted by Crippen LogP contribution is -2.35. The number of furan rings is 1. The quantitative estimate of drug-likeness (QED) is 0.519. The number of rotatable bonds is 4. The van der Waals surface area contributed by atoms with Gasteiger partial charge < -0.3 is 23.6 Å². The van der Waals surface area contributed by atoms with Crippen molar-refractivity contribution in [2.45, 2.75) is 12.0 Å². The number of nitrogens with one attached hydrogen (secondary N) is 1. The highest BCUT2D eigenvalue weighted by molar-refractivity contribution is 5.97. The monoisotopic (exact) mass is 403 g/mol. The molecule has 2 aromatic carbocycles. The maximum atomic E-state index is 13.1. The zero-order valence-corrected chi connectivity index (χ0v) is 16.0. The molecule has 2 aromatic heterocycles. The Bertz CT molecular complexity index is 1270. The molecular weight excluding hydrogens is 386 g/mol. The van der Waals surface area contributed by atoms with Crippen LogP contribution in [0.3, 0.4) is 0 Å². The summed E-state index contributed by atoms with van der Waals surface area (Å²) >= 11 is 0. The van der Waals surface area contributed by atoms with Gasteiger partial charge in [0.1, 0.15) is 22.8 Å². The third-order valence-electron chi connectivity index (χ3n) is 5.12. The van der Waals surface area contributed by atoms with E-state index in [0.717, 1.165) is 0 Å². The molecule has 7 heteroatoms. The van der Waals surface area contributed by atoms with Gasteiger partial charge in [-0.25, -0.2) is 4.79 Å². The SMILES string of the molecule is COc1ccc(NC(=O)[C@@H]2Oc3c(c(=O)oc4ccccc34)[C@@H]2c2ccco2)cc1. The second-order valence-electron chi connectivity index (χ2n) is 6.88. The lowest BCUT2D eigenvalue weighted by Gasteiger charge is -2.17. The van der Waals surface area contributed by atoms with Crippen LogP contribution in [0.1, 0.15) is 17.2 Å². The number of anilines is 1. The van der Waals surface area contributed by atoms with Crippen molar-refractivity contribution in [1.82, 2.24) is 0 Å². The van der Waals surface area contributed by atoms with E-state index in [4.69, 9.17) is 18.3 Å². The molecule has 2 atom stereocenters. The number of ether oxygens (including phenoxy) is 2.